The molecule has 0 saturated carbocycles. The fraction of sp³-hybridized carbons (Fsp3) is 0.455. The summed E-state index contributed by atoms with van der Waals surface area (Å²) in [5.41, 5.74) is 7.91. The standard InChI is InChI=1S/C11H17NO/c1-9-4-3-5-11(6-9)8-13-10(2)7-12/h3-6,10H,7-8,12H2,1-2H3/t10-/m1/s1. The van der Waals surface area contributed by atoms with Crippen LogP contribution in [0, 0.1) is 6.92 Å². The van der Waals surface area contributed by atoms with E-state index in [1.807, 2.05) is 13.0 Å². The maximum Gasteiger partial charge on any atom is 0.0721 e. The maximum absolute atomic E-state index is 5.51. The first-order valence-corrected chi connectivity index (χ1v) is 4.59. The highest BCUT2D eigenvalue weighted by Crippen LogP contribution is 2.06. The fourth-order valence-electron chi connectivity index (χ4n) is 1.11. The van der Waals surface area contributed by atoms with Crippen molar-refractivity contribution >= 4 is 0 Å². The van der Waals surface area contributed by atoms with Gasteiger partial charge in [-0.2, -0.15) is 0 Å². The molecule has 0 aliphatic rings. The summed E-state index contributed by atoms with van der Waals surface area (Å²) in [5, 5.41) is 0. The molecule has 0 amide bonds. The zero-order valence-electron chi connectivity index (χ0n) is 8.29. The first-order chi connectivity index (χ1) is 6.22. The summed E-state index contributed by atoms with van der Waals surface area (Å²) in [6, 6.07) is 8.32. The van der Waals surface area contributed by atoms with Crippen LogP contribution < -0.4 is 5.73 Å². The predicted molar refractivity (Wildman–Crippen MR) is 54.5 cm³/mol. The molecule has 0 radical (unpaired) electrons. The lowest BCUT2D eigenvalue weighted by Gasteiger charge is -2.10. The second-order valence-electron chi connectivity index (χ2n) is 3.35. The molecule has 0 aliphatic carbocycles. The van der Waals surface area contributed by atoms with Crippen LogP contribution in [0.15, 0.2) is 24.3 Å². The Balaban J connectivity index is 2.45. The molecule has 0 fully saturated rings. The fourth-order valence-corrected chi connectivity index (χ4v) is 1.11. The highest BCUT2D eigenvalue weighted by Gasteiger charge is 1.99. The van der Waals surface area contributed by atoms with Crippen molar-refractivity contribution in [3.8, 4) is 0 Å². The number of hydrogen-bond donors (Lipinski definition) is 1. The zero-order chi connectivity index (χ0) is 9.68. The third-order valence-electron chi connectivity index (χ3n) is 1.95. The Morgan fingerprint density at radius 1 is 1.46 bits per heavy atom. The minimum atomic E-state index is 0.139. The molecule has 2 nitrogen and oxygen atoms in total. The third-order valence-corrected chi connectivity index (χ3v) is 1.95. The Morgan fingerprint density at radius 3 is 2.85 bits per heavy atom. The van der Waals surface area contributed by atoms with Crippen LogP contribution in [0.5, 0.6) is 0 Å². The van der Waals surface area contributed by atoms with E-state index in [0.29, 0.717) is 13.2 Å². The summed E-state index contributed by atoms with van der Waals surface area (Å²) in [4.78, 5) is 0. The van der Waals surface area contributed by atoms with Crippen molar-refractivity contribution in [3.05, 3.63) is 35.4 Å². The van der Waals surface area contributed by atoms with Gasteiger partial charge in [0.1, 0.15) is 0 Å². The van der Waals surface area contributed by atoms with E-state index in [0.717, 1.165) is 0 Å². The minimum absolute atomic E-state index is 0.139. The van der Waals surface area contributed by atoms with Gasteiger partial charge in [-0.05, 0) is 19.4 Å². The molecule has 72 valence electrons. The number of aryl methyl sites for hydroxylation is 1. The summed E-state index contributed by atoms with van der Waals surface area (Å²) >= 11 is 0. The molecule has 0 spiro atoms. The van der Waals surface area contributed by atoms with Crippen molar-refractivity contribution in [1.29, 1.82) is 0 Å². The van der Waals surface area contributed by atoms with Gasteiger partial charge < -0.3 is 10.5 Å². The molecular weight excluding hydrogens is 162 g/mol. The summed E-state index contributed by atoms with van der Waals surface area (Å²) in [6.45, 7) is 5.29. The molecule has 2 heteroatoms. The first-order valence-electron chi connectivity index (χ1n) is 4.59. The summed E-state index contributed by atoms with van der Waals surface area (Å²) in [5.74, 6) is 0. The third kappa shape index (κ3) is 3.57. The second-order valence-corrected chi connectivity index (χ2v) is 3.35. The van der Waals surface area contributed by atoms with Crippen LogP contribution in [0.1, 0.15) is 18.1 Å². The number of ether oxygens (including phenoxy) is 1. The van der Waals surface area contributed by atoms with E-state index in [1.165, 1.54) is 11.1 Å². The Morgan fingerprint density at radius 2 is 2.23 bits per heavy atom. The van der Waals surface area contributed by atoms with Crippen molar-refractivity contribution in [1.82, 2.24) is 0 Å². The van der Waals surface area contributed by atoms with Crippen LogP contribution in [0.2, 0.25) is 0 Å². The number of rotatable bonds is 4. The van der Waals surface area contributed by atoms with E-state index in [-0.39, 0.29) is 6.10 Å². The Kier molecular flexibility index (Phi) is 3.93. The van der Waals surface area contributed by atoms with Crippen molar-refractivity contribution in [2.45, 2.75) is 26.6 Å². The Bertz CT molecular complexity index is 260. The van der Waals surface area contributed by atoms with E-state index < -0.39 is 0 Å². The zero-order valence-corrected chi connectivity index (χ0v) is 8.29. The highest BCUT2D eigenvalue weighted by molar-refractivity contribution is 5.21. The largest absolute Gasteiger partial charge is 0.373 e. The average molecular weight is 179 g/mol. The van der Waals surface area contributed by atoms with E-state index in [1.54, 1.807) is 0 Å². The van der Waals surface area contributed by atoms with Crippen molar-refractivity contribution in [3.63, 3.8) is 0 Å². The summed E-state index contributed by atoms with van der Waals surface area (Å²) in [6.07, 6.45) is 0.139. The van der Waals surface area contributed by atoms with Gasteiger partial charge in [-0.15, -0.1) is 0 Å². The predicted octanol–water partition coefficient (Wildman–Crippen LogP) is 1.86. The summed E-state index contributed by atoms with van der Waals surface area (Å²) < 4.78 is 5.51. The molecule has 13 heavy (non-hydrogen) atoms. The molecule has 1 atom stereocenters. The lowest BCUT2D eigenvalue weighted by Crippen LogP contribution is -2.19. The second kappa shape index (κ2) is 5.00. The molecule has 1 rings (SSSR count). The number of benzene rings is 1. The summed E-state index contributed by atoms with van der Waals surface area (Å²) in [7, 11) is 0. The van der Waals surface area contributed by atoms with Gasteiger partial charge in [0, 0.05) is 6.54 Å². The molecule has 1 aromatic rings. The topological polar surface area (TPSA) is 35.2 Å². The quantitative estimate of drug-likeness (QED) is 0.765. The lowest BCUT2D eigenvalue weighted by molar-refractivity contribution is 0.0589. The average Bonchev–Trinajstić information content (AvgIpc) is 2.14. The van der Waals surface area contributed by atoms with Crippen molar-refractivity contribution in [2.24, 2.45) is 5.73 Å². The minimum Gasteiger partial charge on any atom is -0.373 e. The van der Waals surface area contributed by atoms with Gasteiger partial charge in [0.05, 0.1) is 12.7 Å². The van der Waals surface area contributed by atoms with E-state index in [9.17, 15) is 0 Å². The van der Waals surface area contributed by atoms with E-state index in [4.69, 9.17) is 10.5 Å². The van der Waals surface area contributed by atoms with Gasteiger partial charge >= 0.3 is 0 Å². The van der Waals surface area contributed by atoms with Crippen LogP contribution in [0.3, 0.4) is 0 Å². The van der Waals surface area contributed by atoms with Gasteiger partial charge in [0.15, 0.2) is 0 Å². The molecule has 0 heterocycles. The van der Waals surface area contributed by atoms with Gasteiger partial charge in [-0.1, -0.05) is 29.8 Å². The van der Waals surface area contributed by atoms with Gasteiger partial charge in [0.2, 0.25) is 0 Å². The number of nitrogens with two attached hydrogens (primary N) is 1. The maximum atomic E-state index is 5.51. The molecule has 0 saturated heterocycles. The Hall–Kier alpha value is -0.860. The van der Waals surface area contributed by atoms with Crippen LogP contribution in [-0.2, 0) is 11.3 Å². The molecule has 0 unspecified atom stereocenters. The van der Waals surface area contributed by atoms with Gasteiger partial charge in [-0.3, -0.25) is 0 Å². The van der Waals surface area contributed by atoms with Crippen LogP contribution >= 0.6 is 0 Å². The normalized spacial score (nSPS) is 12.8. The van der Waals surface area contributed by atoms with Gasteiger partial charge in [-0.25, -0.2) is 0 Å². The highest BCUT2D eigenvalue weighted by atomic mass is 16.5. The van der Waals surface area contributed by atoms with Crippen molar-refractivity contribution in [2.75, 3.05) is 6.54 Å². The Labute approximate surface area is 79.7 Å². The van der Waals surface area contributed by atoms with Gasteiger partial charge in [0.25, 0.3) is 0 Å². The van der Waals surface area contributed by atoms with Crippen LogP contribution in [-0.4, -0.2) is 12.6 Å². The monoisotopic (exact) mass is 179 g/mol. The van der Waals surface area contributed by atoms with Crippen molar-refractivity contribution < 1.29 is 4.74 Å². The van der Waals surface area contributed by atoms with E-state index >= 15 is 0 Å². The molecule has 0 bridgehead atoms. The van der Waals surface area contributed by atoms with Crippen LogP contribution in [0.4, 0.5) is 0 Å². The van der Waals surface area contributed by atoms with E-state index in [2.05, 4.69) is 25.1 Å². The van der Waals surface area contributed by atoms with Crippen LogP contribution in [0.25, 0.3) is 0 Å². The molecule has 1 aromatic carbocycles. The molecule has 2 N–H and O–H groups in total. The molecule has 0 aromatic heterocycles. The molecule has 0 aliphatic heterocycles. The number of hydrogen-bond acceptors (Lipinski definition) is 2. The smallest absolute Gasteiger partial charge is 0.0721 e. The molecular formula is C11H17NO. The SMILES string of the molecule is Cc1cccc(CO[C@H](C)CN)c1. The lowest BCUT2D eigenvalue weighted by atomic mass is 10.1. The first kappa shape index (κ1) is 10.2.